The minimum atomic E-state index is -0.584. The Labute approximate surface area is 148 Å². The van der Waals surface area contributed by atoms with Crippen molar-refractivity contribution in [1.29, 1.82) is 0 Å². The highest BCUT2D eigenvalue weighted by molar-refractivity contribution is 7.80. The van der Waals surface area contributed by atoms with Gasteiger partial charge in [-0.1, -0.05) is 29.3 Å². The van der Waals surface area contributed by atoms with Gasteiger partial charge < -0.3 is 20.1 Å². The van der Waals surface area contributed by atoms with Crippen LogP contribution in [0.5, 0.6) is 11.5 Å². The monoisotopic (exact) mass is 374 g/mol. The van der Waals surface area contributed by atoms with Gasteiger partial charge in [0.05, 0.1) is 35.6 Å². The molecule has 0 bridgehead atoms. The van der Waals surface area contributed by atoms with Crippen molar-refractivity contribution in [2.45, 2.75) is 0 Å². The van der Waals surface area contributed by atoms with Crippen LogP contribution in [-0.2, 0) is 0 Å². The second kappa shape index (κ2) is 7.68. The molecule has 0 aliphatic heterocycles. The molecule has 2 rings (SSSR count). The van der Waals surface area contributed by atoms with Gasteiger partial charge in [-0.2, -0.15) is 0 Å². The first-order chi connectivity index (χ1) is 11.0. The summed E-state index contributed by atoms with van der Waals surface area (Å²) in [6, 6.07) is 7.80. The van der Waals surface area contributed by atoms with Gasteiger partial charge in [-0.25, -0.2) is 4.39 Å². The third-order valence-corrected chi connectivity index (χ3v) is 3.71. The lowest BCUT2D eigenvalue weighted by Crippen LogP contribution is -2.20. The minimum absolute atomic E-state index is 0.00328. The second-order valence-corrected chi connectivity index (χ2v) is 5.59. The molecular weight excluding hydrogens is 362 g/mol. The van der Waals surface area contributed by atoms with Gasteiger partial charge in [0, 0.05) is 12.1 Å². The van der Waals surface area contributed by atoms with Gasteiger partial charge in [0.25, 0.3) is 0 Å². The maximum atomic E-state index is 13.9. The molecule has 2 aromatic carbocycles. The van der Waals surface area contributed by atoms with Gasteiger partial charge in [-0.15, -0.1) is 0 Å². The van der Waals surface area contributed by atoms with E-state index in [1.54, 1.807) is 18.2 Å². The fourth-order valence-corrected chi connectivity index (χ4v) is 2.46. The third-order valence-electron chi connectivity index (χ3n) is 2.92. The van der Waals surface area contributed by atoms with Gasteiger partial charge >= 0.3 is 0 Å². The van der Waals surface area contributed by atoms with Crippen molar-refractivity contribution in [3.63, 3.8) is 0 Å². The first-order valence-electron chi connectivity index (χ1n) is 6.39. The van der Waals surface area contributed by atoms with Crippen LogP contribution in [0, 0.1) is 5.82 Å². The summed E-state index contributed by atoms with van der Waals surface area (Å²) in [4.78, 5) is 0. The number of rotatable bonds is 4. The zero-order valence-corrected chi connectivity index (χ0v) is 14.6. The molecule has 0 heterocycles. The van der Waals surface area contributed by atoms with E-state index < -0.39 is 5.82 Å². The molecule has 0 aromatic heterocycles. The van der Waals surface area contributed by atoms with Crippen LogP contribution >= 0.6 is 35.4 Å². The molecule has 0 amide bonds. The standard InChI is InChI=1S/C15H13Cl2FN2O2S/c1-21-12-7-11(13(22-2)6-9(12)17)20-15(23)19-10-5-3-4-8(16)14(10)18/h3-7H,1-2H3,(H2,19,20,23). The van der Waals surface area contributed by atoms with E-state index in [0.717, 1.165) is 0 Å². The van der Waals surface area contributed by atoms with Crippen LogP contribution in [0.1, 0.15) is 0 Å². The molecule has 0 atom stereocenters. The quantitative estimate of drug-likeness (QED) is 0.740. The summed E-state index contributed by atoms with van der Waals surface area (Å²) in [5.41, 5.74) is 0.684. The normalized spacial score (nSPS) is 10.1. The number of thiocarbonyl (C=S) groups is 1. The molecule has 4 nitrogen and oxygen atoms in total. The molecule has 0 aliphatic carbocycles. The number of ether oxygens (including phenoxy) is 2. The van der Waals surface area contributed by atoms with Crippen molar-refractivity contribution in [2.24, 2.45) is 0 Å². The average Bonchev–Trinajstić information content (AvgIpc) is 2.53. The predicted octanol–water partition coefficient (Wildman–Crippen LogP) is 4.96. The largest absolute Gasteiger partial charge is 0.495 e. The summed E-state index contributed by atoms with van der Waals surface area (Å²) < 4.78 is 24.3. The smallest absolute Gasteiger partial charge is 0.175 e. The van der Waals surface area contributed by atoms with Gasteiger partial charge in [0.1, 0.15) is 11.5 Å². The lowest BCUT2D eigenvalue weighted by atomic mass is 10.2. The molecule has 23 heavy (non-hydrogen) atoms. The number of halogens is 3. The topological polar surface area (TPSA) is 42.5 Å². The van der Waals surface area contributed by atoms with Crippen molar-refractivity contribution in [1.82, 2.24) is 0 Å². The van der Waals surface area contributed by atoms with E-state index in [1.807, 2.05) is 0 Å². The van der Waals surface area contributed by atoms with Crippen LogP contribution in [0.2, 0.25) is 10.0 Å². The lowest BCUT2D eigenvalue weighted by molar-refractivity contribution is 0.405. The van der Waals surface area contributed by atoms with Gasteiger partial charge in [0.15, 0.2) is 10.9 Å². The van der Waals surface area contributed by atoms with Crippen LogP contribution in [0.4, 0.5) is 15.8 Å². The SMILES string of the molecule is COc1cc(NC(=S)Nc2cccc(Cl)c2F)c(OC)cc1Cl. The highest BCUT2D eigenvalue weighted by atomic mass is 35.5. The number of anilines is 2. The molecular formula is C15H13Cl2FN2O2S. The number of nitrogens with one attached hydrogen (secondary N) is 2. The summed E-state index contributed by atoms with van der Waals surface area (Å²) in [7, 11) is 2.99. The van der Waals surface area contributed by atoms with E-state index in [-0.39, 0.29) is 15.8 Å². The third kappa shape index (κ3) is 4.16. The van der Waals surface area contributed by atoms with Crippen molar-refractivity contribution in [3.8, 4) is 11.5 Å². The van der Waals surface area contributed by atoms with Crippen molar-refractivity contribution in [2.75, 3.05) is 24.9 Å². The Morgan fingerprint density at radius 3 is 2.30 bits per heavy atom. The summed E-state index contributed by atoms with van der Waals surface area (Å²) in [6.07, 6.45) is 0. The van der Waals surface area contributed by atoms with Gasteiger partial charge in [0.2, 0.25) is 0 Å². The molecule has 0 saturated carbocycles. The van der Waals surface area contributed by atoms with Crippen molar-refractivity contribution in [3.05, 3.63) is 46.2 Å². The predicted molar refractivity (Wildman–Crippen MR) is 95.8 cm³/mol. The fraction of sp³-hybridized carbons (Fsp3) is 0.133. The van der Waals surface area contributed by atoms with E-state index in [9.17, 15) is 4.39 Å². The molecule has 0 fully saturated rings. The molecule has 2 N–H and O–H groups in total. The van der Waals surface area contributed by atoms with Crippen LogP contribution in [-0.4, -0.2) is 19.3 Å². The number of hydrogen-bond acceptors (Lipinski definition) is 3. The lowest BCUT2D eigenvalue weighted by Gasteiger charge is -2.15. The fourth-order valence-electron chi connectivity index (χ4n) is 1.83. The molecule has 0 aliphatic rings. The summed E-state index contributed by atoms with van der Waals surface area (Å²) in [5.74, 6) is 0.331. The average molecular weight is 375 g/mol. The van der Waals surface area contributed by atoms with E-state index in [2.05, 4.69) is 10.6 Å². The number of methoxy groups -OCH3 is 2. The maximum Gasteiger partial charge on any atom is 0.175 e. The summed E-state index contributed by atoms with van der Waals surface area (Å²) >= 11 is 17.0. The van der Waals surface area contributed by atoms with Crippen molar-refractivity contribution < 1.29 is 13.9 Å². The highest BCUT2D eigenvalue weighted by Gasteiger charge is 2.12. The molecule has 2 aromatic rings. The Morgan fingerprint density at radius 1 is 1.00 bits per heavy atom. The van der Waals surface area contributed by atoms with Crippen LogP contribution in [0.3, 0.4) is 0 Å². The minimum Gasteiger partial charge on any atom is -0.495 e. The van der Waals surface area contributed by atoms with Crippen LogP contribution in [0.25, 0.3) is 0 Å². The number of benzene rings is 2. The van der Waals surface area contributed by atoms with E-state index in [4.69, 9.17) is 44.9 Å². The van der Waals surface area contributed by atoms with E-state index >= 15 is 0 Å². The first-order valence-corrected chi connectivity index (χ1v) is 7.56. The first kappa shape index (κ1) is 17.6. The zero-order chi connectivity index (χ0) is 17.0. The van der Waals surface area contributed by atoms with E-state index in [1.165, 1.54) is 26.4 Å². The summed E-state index contributed by atoms with van der Waals surface area (Å²) in [5, 5.41) is 6.20. The molecule has 8 heteroatoms. The van der Waals surface area contributed by atoms with Crippen molar-refractivity contribution >= 4 is 51.9 Å². The Balaban J connectivity index is 2.21. The Bertz CT molecular complexity index is 744. The van der Waals surface area contributed by atoms with Crippen LogP contribution < -0.4 is 20.1 Å². The van der Waals surface area contributed by atoms with E-state index in [0.29, 0.717) is 22.2 Å². The molecule has 0 unspecified atom stereocenters. The Morgan fingerprint density at radius 2 is 1.65 bits per heavy atom. The van der Waals surface area contributed by atoms with Crippen LogP contribution in [0.15, 0.2) is 30.3 Å². The highest BCUT2D eigenvalue weighted by Crippen LogP contribution is 2.36. The Hall–Kier alpha value is -1.76. The summed E-state index contributed by atoms with van der Waals surface area (Å²) in [6.45, 7) is 0. The zero-order valence-electron chi connectivity index (χ0n) is 12.2. The molecule has 122 valence electrons. The molecule has 0 saturated heterocycles. The van der Waals surface area contributed by atoms with Gasteiger partial charge in [-0.05, 0) is 24.4 Å². The second-order valence-electron chi connectivity index (χ2n) is 4.37. The molecule has 0 radical (unpaired) electrons. The molecule has 0 spiro atoms. The number of hydrogen-bond donors (Lipinski definition) is 2. The van der Waals surface area contributed by atoms with Gasteiger partial charge in [-0.3, -0.25) is 0 Å². The maximum absolute atomic E-state index is 13.9. The Kier molecular flexibility index (Phi) is 5.87.